The van der Waals surface area contributed by atoms with E-state index in [-0.39, 0.29) is 6.04 Å². The van der Waals surface area contributed by atoms with Gasteiger partial charge in [-0.05, 0) is 43.0 Å². The molecule has 19 heavy (non-hydrogen) atoms. The lowest BCUT2D eigenvalue weighted by Crippen LogP contribution is -2.05. The standard InChI is InChI=1S/C17H21NO/c1-14(18)16-10-5-11-17(13-16)19-12-6-9-15-7-3-2-4-8-15/h2-5,7-8,10-11,13-14H,6,9,12,18H2,1H3/t14-/m0/s1. The lowest BCUT2D eigenvalue weighted by molar-refractivity contribution is 0.310. The van der Waals surface area contributed by atoms with Gasteiger partial charge in [-0.3, -0.25) is 0 Å². The molecule has 0 aliphatic rings. The van der Waals surface area contributed by atoms with Crippen molar-refractivity contribution in [2.24, 2.45) is 5.73 Å². The first-order valence-electron chi connectivity index (χ1n) is 6.78. The maximum absolute atomic E-state index is 5.86. The second-order valence-electron chi connectivity index (χ2n) is 4.80. The van der Waals surface area contributed by atoms with Crippen molar-refractivity contribution in [2.45, 2.75) is 25.8 Å². The summed E-state index contributed by atoms with van der Waals surface area (Å²) in [5.41, 5.74) is 8.33. The van der Waals surface area contributed by atoms with Crippen molar-refractivity contribution in [1.82, 2.24) is 0 Å². The Balaban J connectivity index is 1.78. The Morgan fingerprint density at radius 2 is 1.84 bits per heavy atom. The number of hydrogen-bond donors (Lipinski definition) is 1. The molecule has 0 fully saturated rings. The third-order valence-electron chi connectivity index (χ3n) is 3.11. The Hall–Kier alpha value is -1.80. The van der Waals surface area contributed by atoms with E-state index in [9.17, 15) is 0 Å². The van der Waals surface area contributed by atoms with Gasteiger partial charge in [0.1, 0.15) is 5.75 Å². The van der Waals surface area contributed by atoms with Crippen LogP contribution in [0.25, 0.3) is 0 Å². The van der Waals surface area contributed by atoms with E-state index in [0.717, 1.165) is 30.8 Å². The van der Waals surface area contributed by atoms with Crippen LogP contribution in [0.3, 0.4) is 0 Å². The zero-order valence-electron chi connectivity index (χ0n) is 11.4. The molecular formula is C17H21NO. The molecule has 0 spiro atoms. The highest BCUT2D eigenvalue weighted by atomic mass is 16.5. The van der Waals surface area contributed by atoms with Crippen molar-refractivity contribution >= 4 is 0 Å². The molecule has 2 heteroatoms. The highest BCUT2D eigenvalue weighted by molar-refractivity contribution is 5.30. The number of benzene rings is 2. The monoisotopic (exact) mass is 255 g/mol. The zero-order valence-corrected chi connectivity index (χ0v) is 11.4. The summed E-state index contributed by atoms with van der Waals surface area (Å²) in [4.78, 5) is 0. The van der Waals surface area contributed by atoms with Crippen molar-refractivity contribution in [3.8, 4) is 5.75 Å². The van der Waals surface area contributed by atoms with Gasteiger partial charge in [0.15, 0.2) is 0 Å². The van der Waals surface area contributed by atoms with Crippen LogP contribution in [0, 0.1) is 0 Å². The SMILES string of the molecule is C[C@H](N)c1cccc(OCCCc2ccccc2)c1. The van der Waals surface area contributed by atoms with E-state index in [1.807, 2.05) is 37.3 Å². The molecular weight excluding hydrogens is 234 g/mol. The van der Waals surface area contributed by atoms with E-state index >= 15 is 0 Å². The van der Waals surface area contributed by atoms with E-state index in [1.54, 1.807) is 0 Å². The van der Waals surface area contributed by atoms with E-state index in [2.05, 4.69) is 24.3 Å². The third-order valence-corrected chi connectivity index (χ3v) is 3.11. The third kappa shape index (κ3) is 4.42. The fourth-order valence-corrected chi connectivity index (χ4v) is 2.00. The Labute approximate surface area is 115 Å². The highest BCUT2D eigenvalue weighted by Crippen LogP contribution is 2.17. The van der Waals surface area contributed by atoms with Gasteiger partial charge in [0.05, 0.1) is 6.61 Å². The molecule has 0 aliphatic heterocycles. The van der Waals surface area contributed by atoms with Crippen LogP contribution in [0.15, 0.2) is 54.6 Å². The minimum atomic E-state index is 0.0490. The first-order chi connectivity index (χ1) is 9.25. The molecule has 2 aromatic rings. The largest absolute Gasteiger partial charge is 0.494 e. The van der Waals surface area contributed by atoms with E-state index in [0.29, 0.717) is 0 Å². The van der Waals surface area contributed by atoms with Crippen molar-refractivity contribution < 1.29 is 4.74 Å². The molecule has 2 nitrogen and oxygen atoms in total. The Morgan fingerprint density at radius 3 is 2.58 bits per heavy atom. The van der Waals surface area contributed by atoms with Crippen molar-refractivity contribution in [1.29, 1.82) is 0 Å². The van der Waals surface area contributed by atoms with Crippen LogP contribution in [0.1, 0.15) is 30.5 Å². The second-order valence-corrected chi connectivity index (χ2v) is 4.80. The van der Waals surface area contributed by atoms with Crippen LogP contribution >= 0.6 is 0 Å². The Morgan fingerprint density at radius 1 is 1.05 bits per heavy atom. The van der Waals surface area contributed by atoms with Gasteiger partial charge >= 0.3 is 0 Å². The summed E-state index contributed by atoms with van der Waals surface area (Å²) < 4.78 is 5.76. The molecule has 0 saturated carbocycles. The van der Waals surface area contributed by atoms with Gasteiger partial charge in [0.25, 0.3) is 0 Å². The molecule has 0 saturated heterocycles. The molecule has 2 N–H and O–H groups in total. The predicted molar refractivity (Wildman–Crippen MR) is 79.3 cm³/mol. The summed E-state index contributed by atoms with van der Waals surface area (Å²) in [5, 5.41) is 0. The van der Waals surface area contributed by atoms with E-state index in [4.69, 9.17) is 10.5 Å². The molecule has 0 unspecified atom stereocenters. The lowest BCUT2D eigenvalue weighted by atomic mass is 10.1. The Bertz CT molecular complexity index is 494. The average Bonchev–Trinajstić information content (AvgIpc) is 2.45. The fourth-order valence-electron chi connectivity index (χ4n) is 2.00. The quantitative estimate of drug-likeness (QED) is 0.798. The summed E-state index contributed by atoms with van der Waals surface area (Å²) in [6.07, 6.45) is 2.07. The summed E-state index contributed by atoms with van der Waals surface area (Å²) in [5.74, 6) is 0.905. The van der Waals surface area contributed by atoms with Crippen LogP contribution in [0.2, 0.25) is 0 Å². The van der Waals surface area contributed by atoms with Crippen molar-refractivity contribution in [2.75, 3.05) is 6.61 Å². The number of nitrogens with two attached hydrogens (primary N) is 1. The maximum Gasteiger partial charge on any atom is 0.119 e. The summed E-state index contributed by atoms with van der Waals surface area (Å²) in [6, 6.07) is 18.6. The molecule has 0 aromatic heterocycles. The van der Waals surface area contributed by atoms with Crippen LogP contribution in [-0.4, -0.2) is 6.61 Å². The lowest BCUT2D eigenvalue weighted by Gasteiger charge is -2.10. The van der Waals surface area contributed by atoms with Gasteiger partial charge in [0, 0.05) is 6.04 Å². The minimum absolute atomic E-state index is 0.0490. The molecule has 100 valence electrons. The summed E-state index contributed by atoms with van der Waals surface area (Å²) >= 11 is 0. The molecule has 0 heterocycles. The van der Waals surface area contributed by atoms with Crippen LogP contribution < -0.4 is 10.5 Å². The second kappa shape index (κ2) is 6.95. The van der Waals surface area contributed by atoms with Gasteiger partial charge in [-0.15, -0.1) is 0 Å². The molecule has 2 rings (SSSR count). The first kappa shape index (κ1) is 13.6. The molecule has 0 amide bonds. The van der Waals surface area contributed by atoms with Crippen molar-refractivity contribution in [3.05, 3.63) is 65.7 Å². The molecule has 0 radical (unpaired) electrons. The van der Waals surface area contributed by atoms with Crippen LogP contribution in [0.5, 0.6) is 5.75 Å². The average molecular weight is 255 g/mol. The maximum atomic E-state index is 5.86. The first-order valence-corrected chi connectivity index (χ1v) is 6.78. The normalized spacial score (nSPS) is 12.1. The summed E-state index contributed by atoms with van der Waals surface area (Å²) in [6.45, 7) is 2.71. The van der Waals surface area contributed by atoms with Crippen molar-refractivity contribution in [3.63, 3.8) is 0 Å². The zero-order chi connectivity index (χ0) is 13.5. The molecule has 0 bridgehead atoms. The van der Waals surface area contributed by atoms with Gasteiger partial charge in [0.2, 0.25) is 0 Å². The van der Waals surface area contributed by atoms with Crippen LogP contribution in [0.4, 0.5) is 0 Å². The van der Waals surface area contributed by atoms with Gasteiger partial charge in [-0.2, -0.15) is 0 Å². The topological polar surface area (TPSA) is 35.2 Å². The fraction of sp³-hybridized carbons (Fsp3) is 0.294. The van der Waals surface area contributed by atoms with Gasteiger partial charge in [-0.25, -0.2) is 0 Å². The number of aryl methyl sites for hydroxylation is 1. The minimum Gasteiger partial charge on any atom is -0.494 e. The smallest absolute Gasteiger partial charge is 0.119 e. The highest BCUT2D eigenvalue weighted by Gasteiger charge is 2.01. The summed E-state index contributed by atoms with van der Waals surface area (Å²) in [7, 11) is 0. The van der Waals surface area contributed by atoms with E-state index < -0.39 is 0 Å². The van der Waals surface area contributed by atoms with Gasteiger partial charge < -0.3 is 10.5 Å². The van der Waals surface area contributed by atoms with E-state index in [1.165, 1.54) is 5.56 Å². The van der Waals surface area contributed by atoms with Gasteiger partial charge in [-0.1, -0.05) is 42.5 Å². The molecule has 1 atom stereocenters. The number of rotatable bonds is 6. The molecule has 2 aromatic carbocycles. The van der Waals surface area contributed by atoms with Crippen LogP contribution in [-0.2, 0) is 6.42 Å². The predicted octanol–water partition coefficient (Wildman–Crippen LogP) is 3.72. The Kier molecular flexibility index (Phi) is 4.99. The number of ether oxygens (including phenoxy) is 1. The number of hydrogen-bond acceptors (Lipinski definition) is 2. The molecule has 0 aliphatic carbocycles.